The van der Waals surface area contributed by atoms with Gasteiger partial charge in [-0.2, -0.15) is 0 Å². The molecule has 7 N–H and O–H groups in total. The van der Waals surface area contributed by atoms with Gasteiger partial charge < -0.3 is 54.7 Å². The summed E-state index contributed by atoms with van der Waals surface area (Å²) in [6, 6.07) is 0. The van der Waals surface area contributed by atoms with Crippen molar-refractivity contribution in [3.63, 3.8) is 0 Å². The van der Waals surface area contributed by atoms with Crippen molar-refractivity contribution >= 4 is 5.97 Å². The van der Waals surface area contributed by atoms with Gasteiger partial charge in [0.2, 0.25) is 0 Å². The fourth-order valence-electron chi connectivity index (χ4n) is 4.66. The molecule has 2 rings (SSSR count). The van der Waals surface area contributed by atoms with Crippen LogP contribution in [-0.4, -0.2) is 116 Å². The molecule has 2 heterocycles. The van der Waals surface area contributed by atoms with Crippen LogP contribution in [0.15, 0.2) is 0 Å². The monoisotopic (exact) mass is 552 g/mol. The zero-order valence-electron chi connectivity index (χ0n) is 22.3. The third-order valence-corrected chi connectivity index (χ3v) is 7.18. The Morgan fingerprint density at radius 3 is 1.58 bits per heavy atom. The quantitative estimate of drug-likeness (QED) is 0.0933. The van der Waals surface area contributed by atoms with Crippen LogP contribution < -0.4 is 0 Å². The highest BCUT2D eigenvalue weighted by molar-refractivity contribution is 5.69. The lowest BCUT2D eigenvalue weighted by Crippen LogP contribution is -2.63. The summed E-state index contributed by atoms with van der Waals surface area (Å²) < 4.78 is 21.3. The Bertz CT molecular complexity index is 650. The Morgan fingerprint density at radius 1 is 0.632 bits per heavy atom. The van der Waals surface area contributed by atoms with Gasteiger partial charge in [-0.15, -0.1) is 0 Å². The molecule has 2 aliphatic rings. The number of esters is 1. The average Bonchev–Trinajstić information content (AvgIpc) is 2.91. The molecule has 0 bridgehead atoms. The Kier molecular flexibility index (Phi) is 15.5. The topological polar surface area (TPSA) is 196 Å². The molecule has 2 fully saturated rings. The normalized spacial score (nSPS) is 35.8. The van der Waals surface area contributed by atoms with E-state index in [1.165, 1.54) is 44.9 Å². The first-order valence-electron chi connectivity index (χ1n) is 14.0. The summed E-state index contributed by atoms with van der Waals surface area (Å²) in [5.41, 5.74) is 0. The van der Waals surface area contributed by atoms with Crippen molar-refractivity contribution < 1.29 is 59.5 Å². The lowest BCUT2D eigenvalue weighted by molar-refractivity contribution is -0.376. The van der Waals surface area contributed by atoms with Gasteiger partial charge in [0.1, 0.15) is 55.4 Å². The van der Waals surface area contributed by atoms with Gasteiger partial charge in [0, 0.05) is 6.42 Å². The molecule has 38 heavy (non-hydrogen) atoms. The molecule has 0 aromatic rings. The smallest absolute Gasteiger partial charge is 0.305 e. The number of aliphatic hydroxyl groups excluding tert-OH is 7. The van der Waals surface area contributed by atoms with Gasteiger partial charge in [-0.1, -0.05) is 71.1 Å². The molecule has 224 valence electrons. The van der Waals surface area contributed by atoms with Crippen LogP contribution in [0.5, 0.6) is 0 Å². The molecular weight excluding hydrogens is 504 g/mol. The second-order valence-electron chi connectivity index (χ2n) is 10.3. The van der Waals surface area contributed by atoms with Gasteiger partial charge in [-0.05, 0) is 6.42 Å². The van der Waals surface area contributed by atoms with E-state index in [4.69, 9.17) is 18.9 Å². The highest BCUT2D eigenvalue weighted by atomic mass is 16.8. The Hall–Kier alpha value is -0.930. The van der Waals surface area contributed by atoms with E-state index >= 15 is 0 Å². The summed E-state index contributed by atoms with van der Waals surface area (Å²) in [6.07, 6.45) is -3.03. The third kappa shape index (κ3) is 10.2. The van der Waals surface area contributed by atoms with E-state index in [1.54, 1.807) is 0 Å². The number of carbonyl (C=O) groups excluding carboxylic acids is 1. The van der Waals surface area contributed by atoms with Crippen LogP contribution in [-0.2, 0) is 23.7 Å². The number of aliphatic hydroxyl groups is 7. The summed E-state index contributed by atoms with van der Waals surface area (Å²) in [5.74, 6) is -0.483. The first-order chi connectivity index (χ1) is 18.2. The molecule has 12 heteroatoms. The predicted molar refractivity (Wildman–Crippen MR) is 134 cm³/mol. The first kappa shape index (κ1) is 33.3. The van der Waals surface area contributed by atoms with Crippen molar-refractivity contribution in [3.05, 3.63) is 0 Å². The van der Waals surface area contributed by atoms with E-state index < -0.39 is 80.6 Å². The maximum Gasteiger partial charge on any atom is 0.305 e. The first-order valence-corrected chi connectivity index (χ1v) is 14.0. The highest BCUT2D eigenvalue weighted by Crippen LogP contribution is 2.28. The number of hydrogen-bond acceptors (Lipinski definition) is 12. The standard InChI is InChI=1S/C26H48O12/c1-2-3-4-5-6-7-8-9-10-11-12-13-18(28)35-15-17-20(30)22(32)24(34)26(37-17)38-25-23(33)21(31)19(29)16(14-27)36-25/h16-17,19-27,29-34H,2-15H2,1H3/t16-,17+,19-,20-,21+,22+,23+,24+,25-,26-/m1/s1. The van der Waals surface area contributed by atoms with E-state index in [9.17, 15) is 40.5 Å². The van der Waals surface area contributed by atoms with E-state index in [0.29, 0.717) is 6.42 Å². The number of carbonyl (C=O) groups is 1. The summed E-state index contributed by atoms with van der Waals surface area (Å²) in [7, 11) is 0. The van der Waals surface area contributed by atoms with Crippen LogP contribution in [0.3, 0.4) is 0 Å². The van der Waals surface area contributed by atoms with Crippen LogP contribution in [0.4, 0.5) is 0 Å². The van der Waals surface area contributed by atoms with Crippen LogP contribution in [0.25, 0.3) is 0 Å². The van der Waals surface area contributed by atoms with E-state index in [2.05, 4.69) is 6.92 Å². The molecule has 12 nitrogen and oxygen atoms in total. The van der Waals surface area contributed by atoms with E-state index in [1.807, 2.05) is 0 Å². The minimum atomic E-state index is -1.76. The van der Waals surface area contributed by atoms with Gasteiger partial charge >= 0.3 is 5.97 Å². The molecule has 0 saturated carbocycles. The third-order valence-electron chi connectivity index (χ3n) is 7.18. The zero-order valence-corrected chi connectivity index (χ0v) is 22.3. The predicted octanol–water partition coefficient (Wildman–Crippen LogP) is -0.145. The van der Waals surface area contributed by atoms with Crippen molar-refractivity contribution in [1.29, 1.82) is 0 Å². The number of unbranched alkanes of at least 4 members (excludes halogenated alkanes) is 10. The van der Waals surface area contributed by atoms with Gasteiger partial charge in [-0.25, -0.2) is 0 Å². The van der Waals surface area contributed by atoms with Crippen LogP contribution in [0.1, 0.15) is 84.0 Å². The van der Waals surface area contributed by atoms with E-state index in [0.717, 1.165) is 19.3 Å². The molecule has 0 aromatic heterocycles. The van der Waals surface area contributed by atoms with Crippen LogP contribution in [0, 0.1) is 0 Å². The molecule has 2 aliphatic heterocycles. The number of hydrogen-bond donors (Lipinski definition) is 7. The minimum Gasteiger partial charge on any atom is -0.463 e. The molecule has 10 atom stereocenters. The fourth-order valence-corrected chi connectivity index (χ4v) is 4.66. The molecule has 0 unspecified atom stereocenters. The fraction of sp³-hybridized carbons (Fsp3) is 0.962. The summed E-state index contributed by atoms with van der Waals surface area (Å²) in [5, 5.41) is 70.0. The van der Waals surface area contributed by atoms with Crippen molar-refractivity contribution in [3.8, 4) is 0 Å². The molecule has 0 radical (unpaired) electrons. The van der Waals surface area contributed by atoms with E-state index in [-0.39, 0.29) is 6.42 Å². The SMILES string of the molecule is CCCCCCCCCCCCCC(=O)OC[C@@H]1O[C@H](O[C@H]2O[C@H](CO)[C@@H](O)[C@H](O)[C@@H]2O)[C@@H](O)[C@@H](O)[C@@H]1O. The second kappa shape index (κ2) is 17.7. The average molecular weight is 553 g/mol. The van der Waals surface area contributed by atoms with Crippen LogP contribution in [0.2, 0.25) is 0 Å². The van der Waals surface area contributed by atoms with Crippen molar-refractivity contribution in [2.24, 2.45) is 0 Å². The maximum atomic E-state index is 12.1. The maximum absolute atomic E-state index is 12.1. The summed E-state index contributed by atoms with van der Waals surface area (Å²) in [6.45, 7) is 1.12. The van der Waals surface area contributed by atoms with Crippen LogP contribution >= 0.6 is 0 Å². The molecule has 0 spiro atoms. The largest absolute Gasteiger partial charge is 0.463 e. The highest BCUT2D eigenvalue weighted by Gasteiger charge is 2.49. The van der Waals surface area contributed by atoms with Gasteiger partial charge in [-0.3, -0.25) is 4.79 Å². The molecular formula is C26H48O12. The lowest BCUT2D eigenvalue weighted by Gasteiger charge is -2.44. The van der Waals surface area contributed by atoms with Crippen molar-refractivity contribution in [2.45, 2.75) is 145 Å². The number of rotatable bonds is 17. The Labute approximate surface area is 224 Å². The van der Waals surface area contributed by atoms with Crippen molar-refractivity contribution in [1.82, 2.24) is 0 Å². The minimum absolute atomic E-state index is 0.204. The lowest BCUT2D eigenvalue weighted by atomic mass is 9.98. The second-order valence-corrected chi connectivity index (χ2v) is 10.3. The van der Waals surface area contributed by atoms with Gasteiger partial charge in [0.15, 0.2) is 12.6 Å². The van der Waals surface area contributed by atoms with Crippen molar-refractivity contribution in [2.75, 3.05) is 13.2 Å². The summed E-state index contributed by atoms with van der Waals surface area (Å²) >= 11 is 0. The van der Waals surface area contributed by atoms with Gasteiger partial charge in [0.25, 0.3) is 0 Å². The summed E-state index contributed by atoms with van der Waals surface area (Å²) in [4.78, 5) is 12.1. The Morgan fingerprint density at radius 2 is 1.08 bits per heavy atom. The Balaban J connectivity index is 1.70. The number of ether oxygens (including phenoxy) is 4. The zero-order chi connectivity index (χ0) is 28.1. The molecule has 0 amide bonds. The molecule has 2 saturated heterocycles. The molecule has 0 aliphatic carbocycles. The van der Waals surface area contributed by atoms with Gasteiger partial charge in [0.05, 0.1) is 6.61 Å². The molecule has 0 aromatic carbocycles.